The Balaban J connectivity index is 2.17. The molecule has 0 saturated carbocycles. The first-order chi connectivity index (χ1) is 9.50. The van der Waals surface area contributed by atoms with Gasteiger partial charge in [0, 0.05) is 13.6 Å². The Morgan fingerprint density at radius 3 is 2.90 bits per heavy atom. The first kappa shape index (κ1) is 14.4. The lowest BCUT2D eigenvalue weighted by Crippen LogP contribution is -2.36. The van der Waals surface area contributed by atoms with Crippen LogP contribution in [0.3, 0.4) is 0 Å². The Bertz CT molecular complexity index is 526. The number of nitrogens with zero attached hydrogens (tertiary/aromatic N) is 1. The number of benzene rings is 1. The van der Waals surface area contributed by atoms with Gasteiger partial charge in [0.1, 0.15) is 0 Å². The number of carbonyl (C=O) groups excluding carboxylic acids is 2. The van der Waals surface area contributed by atoms with E-state index in [0.29, 0.717) is 29.5 Å². The van der Waals surface area contributed by atoms with Gasteiger partial charge in [0.25, 0.3) is 11.8 Å². The number of anilines is 1. The average molecular weight is 276 g/mol. The van der Waals surface area contributed by atoms with Gasteiger partial charge in [0.2, 0.25) is 0 Å². The molecule has 1 aromatic carbocycles. The van der Waals surface area contributed by atoms with Gasteiger partial charge in [-0.1, -0.05) is 19.9 Å². The minimum Gasteiger partial charge on any atom is -0.481 e. The Hall–Kier alpha value is -2.04. The number of ether oxygens (including phenoxy) is 1. The third-order valence-electron chi connectivity index (χ3n) is 3.32. The number of para-hydroxylation sites is 1. The van der Waals surface area contributed by atoms with E-state index in [4.69, 9.17) is 4.74 Å². The number of carbonyl (C=O) groups is 2. The molecule has 0 atom stereocenters. The maximum absolute atomic E-state index is 12.2. The molecule has 0 bridgehead atoms. The van der Waals surface area contributed by atoms with Crippen LogP contribution in [0.25, 0.3) is 0 Å². The number of hydrogen-bond acceptors (Lipinski definition) is 3. The van der Waals surface area contributed by atoms with Crippen molar-refractivity contribution in [2.24, 2.45) is 5.92 Å². The van der Waals surface area contributed by atoms with Crippen LogP contribution in [-0.4, -0.2) is 32.0 Å². The fourth-order valence-corrected chi connectivity index (χ4v) is 2.05. The lowest BCUT2D eigenvalue weighted by molar-refractivity contribution is -0.121. The van der Waals surface area contributed by atoms with Crippen molar-refractivity contribution in [3.63, 3.8) is 0 Å². The topological polar surface area (TPSA) is 58.6 Å². The third-order valence-corrected chi connectivity index (χ3v) is 3.32. The molecule has 108 valence electrons. The third kappa shape index (κ3) is 2.92. The summed E-state index contributed by atoms with van der Waals surface area (Å²) in [5, 5.41) is 2.88. The standard InChI is InChI=1S/C15H20N2O3/c1-10(2)7-8-16-15(19)11-5-4-6-12-14(11)20-9-13(18)17(12)3/h4-6,10H,7-9H2,1-3H3,(H,16,19). The number of fused-ring (bicyclic) bond motifs is 1. The first-order valence-electron chi connectivity index (χ1n) is 6.81. The van der Waals surface area contributed by atoms with Crippen LogP contribution in [0.1, 0.15) is 30.6 Å². The molecule has 2 amide bonds. The van der Waals surface area contributed by atoms with E-state index in [2.05, 4.69) is 19.2 Å². The Labute approximate surface area is 118 Å². The molecule has 0 spiro atoms. The van der Waals surface area contributed by atoms with E-state index in [1.54, 1.807) is 25.2 Å². The molecule has 1 heterocycles. The van der Waals surface area contributed by atoms with Crippen molar-refractivity contribution in [3.05, 3.63) is 23.8 Å². The van der Waals surface area contributed by atoms with E-state index < -0.39 is 0 Å². The fraction of sp³-hybridized carbons (Fsp3) is 0.467. The van der Waals surface area contributed by atoms with Crippen LogP contribution in [0.15, 0.2) is 18.2 Å². The smallest absolute Gasteiger partial charge is 0.264 e. The number of nitrogens with one attached hydrogen (secondary N) is 1. The molecular weight excluding hydrogens is 256 g/mol. The van der Waals surface area contributed by atoms with Crippen molar-refractivity contribution in [2.45, 2.75) is 20.3 Å². The summed E-state index contributed by atoms with van der Waals surface area (Å²) in [5.41, 5.74) is 1.11. The van der Waals surface area contributed by atoms with Crippen molar-refractivity contribution in [1.29, 1.82) is 0 Å². The highest BCUT2D eigenvalue weighted by Gasteiger charge is 2.26. The minimum atomic E-state index is -0.162. The van der Waals surface area contributed by atoms with Gasteiger partial charge in [-0.3, -0.25) is 9.59 Å². The minimum absolute atomic E-state index is 0.0280. The van der Waals surface area contributed by atoms with Crippen molar-refractivity contribution in [1.82, 2.24) is 5.32 Å². The highest BCUT2D eigenvalue weighted by molar-refractivity contribution is 6.03. The molecule has 0 unspecified atom stereocenters. The predicted octanol–water partition coefficient (Wildman–Crippen LogP) is 1.82. The Morgan fingerprint density at radius 2 is 2.20 bits per heavy atom. The van der Waals surface area contributed by atoms with Gasteiger partial charge in [-0.15, -0.1) is 0 Å². The molecular formula is C15H20N2O3. The highest BCUT2D eigenvalue weighted by Crippen LogP contribution is 2.34. The quantitative estimate of drug-likeness (QED) is 0.912. The molecule has 1 N–H and O–H groups in total. The SMILES string of the molecule is CC(C)CCNC(=O)c1cccc2c1OCC(=O)N2C. The van der Waals surface area contributed by atoms with Gasteiger partial charge in [-0.25, -0.2) is 0 Å². The van der Waals surface area contributed by atoms with E-state index in [1.165, 1.54) is 4.90 Å². The van der Waals surface area contributed by atoms with Crippen molar-refractivity contribution in [3.8, 4) is 5.75 Å². The molecule has 1 aromatic rings. The second-order valence-electron chi connectivity index (χ2n) is 5.33. The number of likely N-dealkylation sites (N-methyl/N-ethyl adjacent to an activating group) is 1. The lowest BCUT2D eigenvalue weighted by Gasteiger charge is -2.27. The average Bonchev–Trinajstić information content (AvgIpc) is 2.42. The number of amides is 2. The highest BCUT2D eigenvalue weighted by atomic mass is 16.5. The van der Waals surface area contributed by atoms with Gasteiger partial charge in [0.15, 0.2) is 12.4 Å². The van der Waals surface area contributed by atoms with E-state index in [1.807, 2.05) is 0 Å². The summed E-state index contributed by atoms with van der Waals surface area (Å²) in [6, 6.07) is 5.25. The summed E-state index contributed by atoms with van der Waals surface area (Å²) in [5.74, 6) is 0.747. The predicted molar refractivity (Wildman–Crippen MR) is 77.1 cm³/mol. The fourth-order valence-electron chi connectivity index (χ4n) is 2.05. The second-order valence-corrected chi connectivity index (χ2v) is 5.33. The van der Waals surface area contributed by atoms with Crippen LogP contribution in [0.5, 0.6) is 5.75 Å². The number of hydrogen-bond donors (Lipinski definition) is 1. The Kier molecular flexibility index (Phi) is 4.27. The molecule has 0 aromatic heterocycles. The van der Waals surface area contributed by atoms with Crippen LogP contribution < -0.4 is 15.0 Å². The number of rotatable bonds is 4. The van der Waals surface area contributed by atoms with Crippen molar-refractivity contribution >= 4 is 17.5 Å². The molecule has 5 heteroatoms. The summed E-state index contributed by atoms with van der Waals surface area (Å²) in [6.07, 6.45) is 0.931. The molecule has 0 radical (unpaired) electrons. The molecule has 0 fully saturated rings. The molecule has 0 aliphatic carbocycles. The van der Waals surface area contributed by atoms with Crippen LogP contribution in [0, 0.1) is 5.92 Å². The van der Waals surface area contributed by atoms with Crippen molar-refractivity contribution in [2.75, 3.05) is 25.1 Å². The van der Waals surface area contributed by atoms with E-state index in [9.17, 15) is 9.59 Å². The first-order valence-corrected chi connectivity index (χ1v) is 6.81. The molecule has 1 aliphatic rings. The molecule has 1 aliphatic heterocycles. The van der Waals surface area contributed by atoms with Crippen LogP contribution in [0.4, 0.5) is 5.69 Å². The van der Waals surface area contributed by atoms with Crippen molar-refractivity contribution < 1.29 is 14.3 Å². The largest absolute Gasteiger partial charge is 0.481 e. The van der Waals surface area contributed by atoms with Gasteiger partial charge in [0.05, 0.1) is 11.3 Å². The summed E-state index contributed by atoms with van der Waals surface area (Å²) < 4.78 is 5.43. The van der Waals surface area contributed by atoms with Gasteiger partial charge >= 0.3 is 0 Å². The van der Waals surface area contributed by atoms with Gasteiger partial charge in [-0.05, 0) is 24.5 Å². The summed E-state index contributed by atoms with van der Waals surface area (Å²) >= 11 is 0. The lowest BCUT2D eigenvalue weighted by atomic mass is 10.1. The summed E-state index contributed by atoms with van der Waals surface area (Å²) in [7, 11) is 1.68. The molecule has 0 saturated heterocycles. The van der Waals surface area contributed by atoms with Crippen LogP contribution in [0.2, 0.25) is 0 Å². The maximum Gasteiger partial charge on any atom is 0.264 e. The van der Waals surface area contributed by atoms with Crippen LogP contribution >= 0.6 is 0 Å². The van der Waals surface area contributed by atoms with Crippen LogP contribution in [-0.2, 0) is 4.79 Å². The molecule has 5 nitrogen and oxygen atoms in total. The van der Waals surface area contributed by atoms with Gasteiger partial charge < -0.3 is 15.0 Å². The van der Waals surface area contributed by atoms with E-state index in [0.717, 1.165) is 6.42 Å². The normalized spacial score (nSPS) is 14.0. The summed E-state index contributed by atoms with van der Waals surface area (Å²) in [4.78, 5) is 25.3. The molecule has 2 rings (SSSR count). The summed E-state index contributed by atoms with van der Waals surface area (Å²) in [6.45, 7) is 4.83. The Morgan fingerprint density at radius 1 is 1.45 bits per heavy atom. The zero-order valence-corrected chi connectivity index (χ0v) is 12.1. The second kappa shape index (κ2) is 5.94. The zero-order chi connectivity index (χ0) is 14.7. The zero-order valence-electron chi connectivity index (χ0n) is 12.1. The monoisotopic (exact) mass is 276 g/mol. The van der Waals surface area contributed by atoms with E-state index in [-0.39, 0.29) is 18.4 Å². The molecule has 20 heavy (non-hydrogen) atoms. The maximum atomic E-state index is 12.2. The van der Waals surface area contributed by atoms with Gasteiger partial charge in [-0.2, -0.15) is 0 Å². The van der Waals surface area contributed by atoms with E-state index >= 15 is 0 Å².